The van der Waals surface area contributed by atoms with Gasteiger partial charge in [-0.3, -0.25) is 0 Å². The van der Waals surface area contributed by atoms with E-state index in [1.54, 1.807) is 7.11 Å². The average Bonchev–Trinajstić information content (AvgIpc) is 2.40. The molecule has 4 nitrogen and oxygen atoms in total. The summed E-state index contributed by atoms with van der Waals surface area (Å²) in [5, 5.41) is 0. The summed E-state index contributed by atoms with van der Waals surface area (Å²) in [5.41, 5.74) is 4.01. The van der Waals surface area contributed by atoms with Crippen LogP contribution >= 0.6 is 0 Å². The van der Waals surface area contributed by atoms with Gasteiger partial charge in [0.05, 0.1) is 7.11 Å². The van der Waals surface area contributed by atoms with Gasteiger partial charge in [0, 0.05) is 19.6 Å². The van der Waals surface area contributed by atoms with Gasteiger partial charge in [0.25, 0.3) is 0 Å². The SMILES string of the molecule is CONCc1cccc(OC2CCN(C)CC2)c1. The standard InChI is InChI=1S/C14H22N2O2/c1-16-8-6-13(7-9-16)18-14-5-3-4-12(10-14)11-15-17-2/h3-5,10,13,15H,6-9,11H2,1-2H3. The lowest BCUT2D eigenvalue weighted by Gasteiger charge is -2.29. The minimum absolute atomic E-state index is 0.354. The molecule has 1 fully saturated rings. The Kier molecular flexibility index (Phi) is 4.99. The van der Waals surface area contributed by atoms with E-state index in [0.717, 1.165) is 31.7 Å². The summed E-state index contributed by atoms with van der Waals surface area (Å²) in [6.45, 7) is 2.94. The zero-order chi connectivity index (χ0) is 12.8. The molecule has 0 bridgehead atoms. The maximum atomic E-state index is 6.03. The van der Waals surface area contributed by atoms with Crippen molar-refractivity contribution in [2.24, 2.45) is 0 Å². The van der Waals surface area contributed by atoms with Gasteiger partial charge in [0.15, 0.2) is 0 Å². The van der Waals surface area contributed by atoms with Crippen molar-refractivity contribution in [3.63, 3.8) is 0 Å². The molecule has 1 aliphatic heterocycles. The molecular formula is C14H22N2O2. The van der Waals surface area contributed by atoms with E-state index < -0.39 is 0 Å². The van der Waals surface area contributed by atoms with Crippen molar-refractivity contribution in [3.8, 4) is 5.75 Å². The van der Waals surface area contributed by atoms with E-state index in [1.807, 2.05) is 12.1 Å². The summed E-state index contributed by atoms with van der Waals surface area (Å²) in [5.74, 6) is 0.958. The number of ether oxygens (including phenoxy) is 1. The lowest BCUT2D eigenvalue weighted by atomic mass is 10.1. The summed E-state index contributed by atoms with van der Waals surface area (Å²) < 4.78 is 6.03. The molecule has 1 aromatic carbocycles. The maximum Gasteiger partial charge on any atom is 0.120 e. The quantitative estimate of drug-likeness (QED) is 0.808. The summed E-state index contributed by atoms with van der Waals surface area (Å²) in [6.07, 6.45) is 2.57. The molecule has 0 saturated carbocycles. The molecule has 0 aliphatic carbocycles. The largest absolute Gasteiger partial charge is 0.490 e. The predicted molar refractivity (Wildman–Crippen MR) is 71.4 cm³/mol. The monoisotopic (exact) mass is 250 g/mol. The molecular weight excluding hydrogens is 228 g/mol. The number of hydrogen-bond acceptors (Lipinski definition) is 4. The third-order valence-electron chi connectivity index (χ3n) is 3.29. The maximum absolute atomic E-state index is 6.03. The van der Waals surface area contributed by atoms with Crippen molar-refractivity contribution < 1.29 is 9.57 Å². The molecule has 1 saturated heterocycles. The smallest absolute Gasteiger partial charge is 0.120 e. The van der Waals surface area contributed by atoms with Crippen LogP contribution in [0, 0.1) is 0 Å². The zero-order valence-corrected chi connectivity index (χ0v) is 11.2. The first-order chi connectivity index (χ1) is 8.78. The van der Waals surface area contributed by atoms with Crippen LogP contribution in [-0.2, 0) is 11.4 Å². The number of piperidine rings is 1. The lowest BCUT2D eigenvalue weighted by Crippen LogP contribution is -2.35. The number of hydrogen-bond donors (Lipinski definition) is 1. The Balaban J connectivity index is 1.88. The minimum atomic E-state index is 0.354. The van der Waals surface area contributed by atoms with Crippen LogP contribution in [0.5, 0.6) is 5.75 Å². The van der Waals surface area contributed by atoms with Crippen LogP contribution in [-0.4, -0.2) is 38.3 Å². The van der Waals surface area contributed by atoms with E-state index in [2.05, 4.69) is 29.6 Å². The topological polar surface area (TPSA) is 33.7 Å². The van der Waals surface area contributed by atoms with Gasteiger partial charge >= 0.3 is 0 Å². The highest BCUT2D eigenvalue weighted by Gasteiger charge is 2.17. The average molecular weight is 250 g/mol. The fraction of sp³-hybridized carbons (Fsp3) is 0.571. The second-order valence-corrected chi connectivity index (χ2v) is 4.79. The van der Waals surface area contributed by atoms with Gasteiger partial charge in [-0.2, -0.15) is 5.48 Å². The van der Waals surface area contributed by atoms with Gasteiger partial charge < -0.3 is 14.5 Å². The van der Waals surface area contributed by atoms with Gasteiger partial charge in [-0.1, -0.05) is 12.1 Å². The minimum Gasteiger partial charge on any atom is -0.490 e. The van der Waals surface area contributed by atoms with Crippen LogP contribution in [0.3, 0.4) is 0 Å². The molecule has 0 radical (unpaired) electrons. The van der Waals surface area contributed by atoms with Crippen molar-refractivity contribution >= 4 is 0 Å². The van der Waals surface area contributed by atoms with Crippen LogP contribution in [0.25, 0.3) is 0 Å². The Morgan fingerprint density at radius 3 is 2.83 bits per heavy atom. The molecule has 1 heterocycles. The first-order valence-corrected chi connectivity index (χ1v) is 6.48. The van der Waals surface area contributed by atoms with Gasteiger partial charge in [0.2, 0.25) is 0 Å². The number of hydroxylamine groups is 1. The van der Waals surface area contributed by atoms with Crippen molar-refractivity contribution in [1.29, 1.82) is 0 Å². The zero-order valence-electron chi connectivity index (χ0n) is 11.2. The van der Waals surface area contributed by atoms with Crippen LogP contribution < -0.4 is 10.2 Å². The second kappa shape index (κ2) is 6.73. The van der Waals surface area contributed by atoms with Gasteiger partial charge in [-0.15, -0.1) is 0 Å². The number of nitrogens with one attached hydrogen (secondary N) is 1. The number of benzene rings is 1. The molecule has 2 rings (SSSR count). The molecule has 1 N–H and O–H groups in total. The van der Waals surface area contributed by atoms with E-state index in [-0.39, 0.29) is 0 Å². The molecule has 0 atom stereocenters. The summed E-state index contributed by atoms with van der Waals surface area (Å²) in [4.78, 5) is 7.20. The Hall–Kier alpha value is -1.10. The highest BCUT2D eigenvalue weighted by Crippen LogP contribution is 2.19. The molecule has 100 valence electrons. The Morgan fingerprint density at radius 2 is 2.11 bits per heavy atom. The van der Waals surface area contributed by atoms with E-state index in [9.17, 15) is 0 Å². The van der Waals surface area contributed by atoms with Crippen molar-refractivity contribution in [2.75, 3.05) is 27.2 Å². The molecule has 0 aromatic heterocycles. The predicted octanol–water partition coefficient (Wildman–Crippen LogP) is 1.81. The molecule has 1 aliphatic rings. The molecule has 0 amide bonds. The van der Waals surface area contributed by atoms with Gasteiger partial charge in [-0.05, 0) is 37.6 Å². The fourth-order valence-electron chi connectivity index (χ4n) is 2.18. The van der Waals surface area contributed by atoms with Crippen LogP contribution in [0.1, 0.15) is 18.4 Å². The van der Waals surface area contributed by atoms with Gasteiger partial charge in [-0.25, -0.2) is 0 Å². The van der Waals surface area contributed by atoms with Crippen molar-refractivity contribution in [1.82, 2.24) is 10.4 Å². The molecule has 4 heteroatoms. The van der Waals surface area contributed by atoms with E-state index in [4.69, 9.17) is 9.57 Å². The highest BCUT2D eigenvalue weighted by molar-refractivity contribution is 5.28. The second-order valence-electron chi connectivity index (χ2n) is 4.79. The van der Waals surface area contributed by atoms with Crippen molar-refractivity contribution in [3.05, 3.63) is 29.8 Å². The summed E-state index contributed by atoms with van der Waals surface area (Å²) >= 11 is 0. The first-order valence-electron chi connectivity index (χ1n) is 6.48. The first kappa shape index (κ1) is 13.3. The van der Waals surface area contributed by atoms with E-state index >= 15 is 0 Å². The lowest BCUT2D eigenvalue weighted by molar-refractivity contribution is 0.0864. The highest BCUT2D eigenvalue weighted by atomic mass is 16.6. The Bertz CT molecular complexity index is 363. The molecule has 0 unspecified atom stereocenters. The number of rotatable bonds is 5. The van der Waals surface area contributed by atoms with Crippen LogP contribution in [0.4, 0.5) is 0 Å². The third-order valence-corrected chi connectivity index (χ3v) is 3.29. The third kappa shape index (κ3) is 3.98. The molecule has 1 aromatic rings. The van der Waals surface area contributed by atoms with Crippen LogP contribution in [0.2, 0.25) is 0 Å². The summed E-state index contributed by atoms with van der Waals surface area (Å²) in [7, 11) is 3.78. The number of nitrogens with zero attached hydrogens (tertiary/aromatic N) is 1. The van der Waals surface area contributed by atoms with Crippen LogP contribution in [0.15, 0.2) is 24.3 Å². The Labute approximate surface area is 109 Å². The van der Waals surface area contributed by atoms with E-state index in [1.165, 1.54) is 5.56 Å². The van der Waals surface area contributed by atoms with Crippen molar-refractivity contribution in [2.45, 2.75) is 25.5 Å². The fourth-order valence-corrected chi connectivity index (χ4v) is 2.18. The van der Waals surface area contributed by atoms with Gasteiger partial charge in [0.1, 0.15) is 11.9 Å². The normalized spacial score (nSPS) is 17.9. The Morgan fingerprint density at radius 1 is 1.33 bits per heavy atom. The molecule has 18 heavy (non-hydrogen) atoms. The number of likely N-dealkylation sites (tertiary alicyclic amines) is 1. The molecule has 0 spiro atoms. The van der Waals surface area contributed by atoms with E-state index in [0.29, 0.717) is 12.6 Å². The summed E-state index contributed by atoms with van der Waals surface area (Å²) in [6, 6.07) is 8.18.